The van der Waals surface area contributed by atoms with Gasteiger partial charge in [0.15, 0.2) is 0 Å². The molecule has 7 heteroatoms. The molecule has 2 aromatic rings. The topological polar surface area (TPSA) is 71.3 Å². The molecule has 26 heavy (non-hydrogen) atoms. The second kappa shape index (κ2) is 8.40. The van der Waals surface area contributed by atoms with Gasteiger partial charge >= 0.3 is 0 Å². The van der Waals surface area contributed by atoms with Crippen molar-refractivity contribution >= 4 is 5.91 Å². The van der Waals surface area contributed by atoms with E-state index in [1.165, 1.54) is 12.1 Å². The number of halogens is 1. The van der Waals surface area contributed by atoms with Gasteiger partial charge in [-0.2, -0.15) is 4.98 Å². The summed E-state index contributed by atoms with van der Waals surface area (Å²) in [4.78, 5) is 18.7. The van der Waals surface area contributed by atoms with E-state index >= 15 is 0 Å². The summed E-state index contributed by atoms with van der Waals surface area (Å²) in [6, 6.07) is 6.03. The standard InChI is InChI=1S/C19H25FN4O2/c1-13(2)10-21-17(25)12-24-9-3-4-15(11-24)19-22-18(23-26-19)14-5-7-16(20)8-6-14/h5-8,13,15H,3-4,9-12H2,1-2H3,(H,21,25). The number of rotatable bonds is 6. The molecule has 0 saturated carbocycles. The summed E-state index contributed by atoms with van der Waals surface area (Å²) in [5.74, 6) is 1.36. The van der Waals surface area contributed by atoms with E-state index in [0.717, 1.165) is 31.5 Å². The van der Waals surface area contributed by atoms with Crippen molar-refractivity contribution in [3.8, 4) is 11.4 Å². The lowest BCUT2D eigenvalue weighted by molar-refractivity contribution is -0.122. The minimum atomic E-state index is -0.295. The number of benzene rings is 1. The Labute approximate surface area is 152 Å². The summed E-state index contributed by atoms with van der Waals surface area (Å²) in [6.45, 7) is 6.85. The highest BCUT2D eigenvalue weighted by Gasteiger charge is 2.27. The molecule has 1 aliphatic rings. The number of nitrogens with zero attached hydrogens (tertiary/aromatic N) is 3. The number of likely N-dealkylation sites (tertiary alicyclic amines) is 1. The van der Waals surface area contributed by atoms with E-state index in [1.54, 1.807) is 12.1 Å². The van der Waals surface area contributed by atoms with Crippen LogP contribution in [0.3, 0.4) is 0 Å². The minimum absolute atomic E-state index is 0.0527. The van der Waals surface area contributed by atoms with Gasteiger partial charge in [-0.15, -0.1) is 0 Å². The lowest BCUT2D eigenvalue weighted by Crippen LogP contribution is -2.42. The fraction of sp³-hybridized carbons (Fsp3) is 0.526. The number of piperidine rings is 1. The number of carbonyl (C=O) groups is 1. The van der Waals surface area contributed by atoms with Crippen LogP contribution in [0.1, 0.15) is 38.5 Å². The van der Waals surface area contributed by atoms with Gasteiger partial charge in [0.2, 0.25) is 17.6 Å². The van der Waals surface area contributed by atoms with E-state index in [-0.39, 0.29) is 17.6 Å². The fourth-order valence-electron chi connectivity index (χ4n) is 3.09. The Balaban J connectivity index is 1.59. The highest BCUT2D eigenvalue weighted by molar-refractivity contribution is 5.78. The van der Waals surface area contributed by atoms with Crippen LogP contribution >= 0.6 is 0 Å². The van der Waals surface area contributed by atoms with Crippen LogP contribution in [0.4, 0.5) is 4.39 Å². The largest absolute Gasteiger partial charge is 0.355 e. The monoisotopic (exact) mass is 360 g/mol. The molecule has 3 rings (SSSR count). The molecule has 1 fully saturated rings. The first kappa shape index (κ1) is 18.5. The summed E-state index contributed by atoms with van der Waals surface area (Å²) in [6.07, 6.45) is 1.94. The van der Waals surface area contributed by atoms with Crippen molar-refractivity contribution in [2.24, 2.45) is 5.92 Å². The molecule has 1 N–H and O–H groups in total. The zero-order valence-electron chi connectivity index (χ0n) is 15.2. The summed E-state index contributed by atoms with van der Waals surface area (Å²) in [7, 11) is 0. The molecule has 6 nitrogen and oxygen atoms in total. The number of amides is 1. The van der Waals surface area contributed by atoms with Gasteiger partial charge in [0.1, 0.15) is 5.82 Å². The van der Waals surface area contributed by atoms with Gasteiger partial charge in [-0.25, -0.2) is 4.39 Å². The van der Waals surface area contributed by atoms with Crippen LogP contribution in [0, 0.1) is 11.7 Å². The molecule has 0 radical (unpaired) electrons. The zero-order valence-corrected chi connectivity index (χ0v) is 15.2. The van der Waals surface area contributed by atoms with Crippen LogP contribution < -0.4 is 5.32 Å². The maximum Gasteiger partial charge on any atom is 0.234 e. The van der Waals surface area contributed by atoms with E-state index in [0.29, 0.717) is 30.7 Å². The Morgan fingerprint density at radius 1 is 1.38 bits per heavy atom. The first-order valence-corrected chi connectivity index (χ1v) is 9.10. The molecular weight excluding hydrogens is 335 g/mol. The van der Waals surface area contributed by atoms with Crippen molar-refractivity contribution in [2.45, 2.75) is 32.6 Å². The molecule has 1 unspecified atom stereocenters. The van der Waals surface area contributed by atoms with Crippen molar-refractivity contribution in [3.05, 3.63) is 36.0 Å². The van der Waals surface area contributed by atoms with E-state index < -0.39 is 0 Å². The lowest BCUT2D eigenvalue weighted by Gasteiger charge is -2.30. The third kappa shape index (κ3) is 4.88. The third-order valence-corrected chi connectivity index (χ3v) is 4.47. The Kier molecular flexibility index (Phi) is 5.98. The maximum atomic E-state index is 13.0. The Morgan fingerprint density at radius 3 is 2.88 bits per heavy atom. The van der Waals surface area contributed by atoms with Crippen molar-refractivity contribution < 1.29 is 13.7 Å². The molecule has 1 amide bonds. The van der Waals surface area contributed by atoms with Gasteiger partial charge < -0.3 is 9.84 Å². The molecule has 1 atom stereocenters. The van der Waals surface area contributed by atoms with E-state index in [4.69, 9.17) is 4.52 Å². The summed E-state index contributed by atoms with van der Waals surface area (Å²) in [5.41, 5.74) is 0.724. The van der Waals surface area contributed by atoms with E-state index in [1.807, 2.05) is 0 Å². The average molecular weight is 360 g/mol. The Morgan fingerprint density at radius 2 is 2.15 bits per heavy atom. The molecule has 1 saturated heterocycles. The van der Waals surface area contributed by atoms with Gasteiger partial charge in [0.25, 0.3) is 0 Å². The third-order valence-electron chi connectivity index (χ3n) is 4.47. The van der Waals surface area contributed by atoms with Crippen molar-refractivity contribution in [3.63, 3.8) is 0 Å². The van der Waals surface area contributed by atoms with Gasteiger partial charge in [-0.3, -0.25) is 9.69 Å². The van der Waals surface area contributed by atoms with E-state index in [2.05, 4.69) is 34.2 Å². The summed E-state index contributed by atoms with van der Waals surface area (Å²) >= 11 is 0. The van der Waals surface area contributed by atoms with Gasteiger partial charge in [0.05, 0.1) is 12.5 Å². The predicted molar refractivity (Wildman–Crippen MR) is 96.0 cm³/mol. The molecule has 1 aromatic heterocycles. The molecule has 2 heterocycles. The van der Waals surface area contributed by atoms with Crippen LogP contribution in [0.2, 0.25) is 0 Å². The minimum Gasteiger partial charge on any atom is -0.355 e. The highest BCUT2D eigenvalue weighted by atomic mass is 19.1. The number of hydrogen-bond donors (Lipinski definition) is 1. The number of carbonyl (C=O) groups excluding carboxylic acids is 1. The molecule has 1 aromatic carbocycles. The second-order valence-corrected chi connectivity index (χ2v) is 7.24. The fourth-order valence-corrected chi connectivity index (χ4v) is 3.09. The summed E-state index contributed by atoms with van der Waals surface area (Å²) < 4.78 is 18.5. The average Bonchev–Trinajstić information content (AvgIpc) is 3.11. The zero-order chi connectivity index (χ0) is 18.5. The molecule has 140 valence electrons. The molecule has 1 aliphatic heterocycles. The van der Waals surface area contributed by atoms with Gasteiger partial charge in [0, 0.05) is 18.7 Å². The van der Waals surface area contributed by atoms with Crippen molar-refractivity contribution in [1.82, 2.24) is 20.4 Å². The van der Waals surface area contributed by atoms with Gasteiger partial charge in [-0.1, -0.05) is 19.0 Å². The number of aromatic nitrogens is 2. The predicted octanol–water partition coefficient (Wildman–Crippen LogP) is 2.83. The van der Waals surface area contributed by atoms with Crippen LogP contribution in [0.15, 0.2) is 28.8 Å². The van der Waals surface area contributed by atoms with Gasteiger partial charge in [-0.05, 0) is 49.6 Å². The van der Waals surface area contributed by atoms with Crippen molar-refractivity contribution in [1.29, 1.82) is 0 Å². The quantitative estimate of drug-likeness (QED) is 0.858. The molecule has 0 spiro atoms. The summed E-state index contributed by atoms with van der Waals surface area (Å²) in [5, 5.41) is 6.97. The van der Waals surface area contributed by atoms with Crippen LogP contribution in [-0.2, 0) is 4.79 Å². The van der Waals surface area contributed by atoms with Crippen LogP contribution in [-0.4, -0.2) is 47.1 Å². The van der Waals surface area contributed by atoms with Crippen LogP contribution in [0.25, 0.3) is 11.4 Å². The highest BCUT2D eigenvalue weighted by Crippen LogP contribution is 2.27. The molecule has 0 bridgehead atoms. The lowest BCUT2D eigenvalue weighted by atomic mass is 9.98. The molecular formula is C19H25FN4O2. The second-order valence-electron chi connectivity index (χ2n) is 7.24. The maximum absolute atomic E-state index is 13.0. The van der Waals surface area contributed by atoms with Crippen molar-refractivity contribution in [2.75, 3.05) is 26.2 Å². The van der Waals surface area contributed by atoms with Crippen LogP contribution in [0.5, 0.6) is 0 Å². The normalized spacial score (nSPS) is 18.2. The molecule has 0 aliphatic carbocycles. The first-order valence-electron chi connectivity index (χ1n) is 9.10. The Bertz CT molecular complexity index is 729. The smallest absolute Gasteiger partial charge is 0.234 e. The SMILES string of the molecule is CC(C)CNC(=O)CN1CCCC(c2nc(-c3ccc(F)cc3)no2)C1. The van der Waals surface area contributed by atoms with E-state index in [9.17, 15) is 9.18 Å². The first-order chi connectivity index (χ1) is 12.5. The Hall–Kier alpha value is -2.28. The number of hydrogen-bond acceptors (Lipinski definition) is 5. The number of nitrogens with one attached hydrogen (secondary N) is 1.